The van der Waals surface area contributed by atoms with Crippen molar-refractivity contribution in [2.45, 2.75) is 13.8 Å². The summed E-state index contributed by atoms with van der Waals surface area (Å²) in [5, 5.41) is 11.5. The van der Waals surface area contributed by atoms with Gasteiger partial charge in [0.1, 0.15) is 5.57 Å². The highest BCUT2D eigenvalue weighted by Gasteiger charge is 2.37. The van der Waals surface area contributed by atoms with Crippen molar-refractivity contribution in [3.05, 3.63) is 87.7 Å². The summed E-state index contributed by atoms with van der Waals surface area (Å²) in [5.41, 5.74) is 2.84. The summed E-state index contributed by atoms with van der Waals surface area (Å²) in [6, 6.07) is 13.9. The Morgan fingerprint density at radius 1 is 1.00 bits per heavy atom. The maximum atomic E-state index is 13.1. The highest BCUT2D eigenvalue weighted by atomic mass is 35.5. The lowest BCUT2D eigenvalue weighted by molar-refractivity contribution is -0.122. The lowest BCUT2D eigenvalue weighted by Gasteiger charge is -2.26. The predicted molar refractivity (Wildman–Crippen MR) is 123 cm³/mol. The van der Waals surface area contributed by atoms with E-state index >= 15 is 0 Å². The zero-order valence-corrected chi connectivity index (χ0v) is 18.4. The average molecular weight is 464 g/mol. The van der Waals surface area contributed by atoms with Crippen molar-refractivity contribution in [2.24, 2.45) is 0 Å². The van der Waals surface area contributed by atoms with E-state index in [0.717, 1.165) is 10.6 Å². The standard InChI is InChI=1S/C24H18ClN3O5/c1-13-10-15(14(2)27(13)17-8-9-18(23(31)32)20(25)12-17)11-19-21(29)26-24(33)28(22(19)30)16-6-4-3-5-7-16/h3-12H,1-2H3,(H,31,32)(H,26,29,33). The summed E-state index contributed by atoms with van der Waals surface area (Å²) >= 11 is 6.13. The number of aromatic nitrogens is 1. The maximum Gasteiger partial charge on any atom is 0.337 e. The van der Waals surface area contributed by atoms with Gasteiger partial charge in [-0.1, -0.05) is 29.8 Å². The first-order valence-corrected chi connectivity index (χ1v) is 10.3. The van der Waals surface area contributed by atoms with Gasteiger partial charge < -0.3 is 9.67 Å². The molecule has 2 aromatic carbocycles. The molecule has 0 bridgehead atoms. The van der Waals surface area contributed by atoms with Crippen LogP contribution >= 0.6 is 11.6 Å². The van der Waals surface area contributed by atoms with Crippen LogP contribution in [0.1, 0.15) is 27.3 Å². The molecule has 0 radical (unpaired) electrons. The van der Waals surface area contributed by atoms with Crippen LogP contribution in [0, 0.1) is 13.8 Å². The number of carboxylic acid groups (broad SMARTS) is 1. The summed E-state index contributed by atoms with van der Waals surface area (Å²) in [6.07, 6.45) is 1.44. The van der Waals surface area contributed by atoms with Crippen LogP contribution in [0.2, 0.25) is 5.02 Å². The highest BCUT2D eigenvalue weighted by Crippen LogP contribution is 2.28. The maximum absolute atomic E-state index is 13.1. The number of halogens is 1. The van der Waals surface area contributed by atoms with Crippen LogP contribution in [0.3, 0.4) is 0 Å². The molecule has 166 valence electrons. The van der Waals surface area contributed by atoms with Crippen molar-refractivity contribution < 1.29 is 24.3 Å². The zero-order valence-electron chi connectivity index (χ0n) is 17.6. The third-order valence-corrected chi connectivity index (χ3v) is 5.64. The van der Waals surface area contributed by atoms with Gasteiger partial charge in [0.25, 0.3) is 11.8 Å². The third kappa shape index (κ3) is 3.92. The second kappa shape index (κ2) is 8.40. The number of carbonyl (C=O) groups is 4. The van der Waals surface area contributed by atoms with Gasteiger partial charge in [-0.25, -0.2) is 14.5 Å². The van der Waals surface area contributed by atoms with E-state index in [0.29, 0.717) is 22.6 Å². The topological polar surface area (TPSA) is 109 Å². The first-order valence-electron chi connectivity index (χ1n) is 9.87. The number of carboxylic acids is 1. The number of anilines is 1. The Bertz CT molecular complexity index is 1360. The van der Waals surface area contributed by atoms with Crippen molar-refractivity contribution in [1.82, 2.24) is 9.88 Å². The summed E-state index contributed by atoms with van der Waals surface area (Å²) in [4.78, 5) is 50.0. The molecule has 2 heterocycles. The van der Waals surface area contributed by atoms with Crippen LogP contribution in [0.25, 0.3) is 11.8 Å². The molecule has 2 N–H and O–H groups in total. The van der Waals surface area contributed by atoms with Crippen molar-refractivity contribution in [2.75, 3.05) is 4.90 Å². The second-order valence-corrected chi connectivity index (χ2v) is 7.83. The van der Waals surface area contributed by atoms with Gasteiger partial charge in [0.05, 0.1) is 16.3 Å². The molecule has 1 saturated heterocycles. The van der Waals surface area contributed by atoms with Crippen molar-refractivity contribution in [1.29, 1.82) is 0 Å². The Kier molecular flexibility index (Phi) is 5.61. The minimum atomic E-state index is -1.13. The SMILES string of the molecule is Cc1cc(C=C2C(=O)NC(=O)N(c3ccccc3)C2=O)c(C)n1-c1ccc(C(=O)O)c(Cl)c1. The van der Waals surface area contributed by atoms with Crippen LogP contribution < -0.4 is 10.2 Å². The molecule has 4 rings (SSSR count). The number of para-hydroxylation sites is 1. The Morgan fingerprint density at radius 3 is 2.33 bits per heavy atom. The van der Waals surface area contributed by atoms with Gasteiger partial charge in [0.2, 0.25) is 0 Å². The van der Waals surface area contributed by atoms with Crippen LogP contribution in [0.5, 0.6) is 0 Å². The normalized spacial score (nSPS) is 15.2. The van der Waals surface area contributed by atoms with Crippen molar-refractivity contribution in [3.63, 3.8) is 0 Å². The summed E-state index contributed by atoms with van der Waals surface area (Å²) in [7, 11) is 0. The van der Waals surface area contributed by atoms with Crippen molar-refractivity contribution in [3.8, 4) is 5.69 Å². The number of rotatable bonds is 4. The molecular weight excluding hydrogens is 446 g/mol. The molecule has 0 saturated carbocycles. The third-order valence-electron chi connectivity index (χ3n) is 5.33. The molecule has 8 nitrogen and oxygen atoms in total. The van der Waals surface area contributed by atoms with Gasteiger partial charge in [0, 0.05) is 17.1 Å². The number of hydrogen-bond donors (Lipinski definition) is 2. The molecule has 0 atom stereocenters. The van der Waals surface area contributed by atoms with Crippen LogP contribution in [0.15, 0.2) is 60.2 Å². The average Bonchev–Trinajstić information content (AvgIpc) is 3.04. The fourth-order valence-electron chi connectivity index (χ4n) is 3.77. The second-order valence-electron chi connectivity index (χ2n) is 7.42. The number of nitrogens with zero attached hydrogens (tertiary/aromatic N) is 2. The molecule has 4 amide bonds. The summed E-state index contributed by atoms with van der Waals surface area (Å²) < 4.78 is 1.83. The van der Waals surface area contributed by atoms with E-state index < -0.39 is 23.8 Å². The number of benzene rings is 2. The number of nitrogens with one attached hydrogen (secondary N) is 1. The molecule has 1 fully saturated rings. The number of hydrogen-bond acceptors (Lipinski definition) is 4. The number of carbonyl (C=O) groups excluding carboxylic acids is 3. The van der Waals surface area contributed by atoms with Gasteiger partial charge in [-0.05, 0) is 61.9 Å². The number of aryl methyl sites for hydroxylation is 1. The number of aromatic carboxylic acids is 1. The molecule has 0 aliphatic carbocycles. The number of imide groups is 2. The van der Waals surface area contributed by atoms with Crippen LogP contribution in [-0.2, 0) is 9.59 Å². The lowest BCUT2D eigenvalue weighted by Crippen LogP contribution is -2.54. The number of amides is 4. The quantitative estimate of drug-likeness (QED) is 0.447. The van der Waals surface area contributed by atoms with Crippen LogP contribution in [-0.4, -0.2) is 33.5 Å². The molecule has 1 aromatic heterocycles. The van der Waals surface area contributed by atoms with Gasteiger partial charge in [0.15, 0.2) is 0 Å². The Morgan fingerprint density at radius 2 is 1.70 bits per heavy atom. The van der Waals surface area contributed by atoms with E-state index in [4.69, 9.17) is 11.6 Å². The minimum Gasteiger partial charge on any atom is -0.478 e. The molecule has 1 aliphatic rings. The van der Waals surface area contributed by atoms with E-state index in [1.165, 1.54) is 18.2 Å². The first-order chi connectivity index (χ1) is 15.7. The molecule has 0 unspecified atom stereocenters. The molecule has 0 spiro atoms. The molecule has 33 heavy (non-hydrogen) atoms. The van der Waals surface area contributed by atoms with E-state index in [1.807, 2.05) is 11.5 Å². The van der Waals surface area contributed by atoms with E-state index in [9.17, 15) is 24.3 Å². The van der Waals surface area contributed by atoms with Gasteiger partial charge in [-0.3, -0.25) is 14.9 Å². The van der Waals surface area contributed by atoms with E-state index in [2.05, 4.69) is 5.32 Å². The number of urea groups is 1. The molecular formula is C24H18ClN3O5. The monoisotopic (exact) mass is 463 g/mol. The highest BCUT2D eigenvalue weighted by molar-refractivity contribution is 6.39. The van der Waals surface area contributed by atoms with Crippen LogP contribution in [0.4, 0.5) is 10.5 Å². The fraction of sp³-hybridized carbons (Fsp3) is 0.0833. The minimum absolute atomic E-state index is 0.0136. The summed E-state index contributed by atoms with van der Waals surface area (Å²) in [6.45, 7) is 3.63. The van der Waals surface area contributed by atoms with E-state index in [1.54, 1.807) is 49.4 Å². The molecule has 1 aliphatic heterocycles. The largest absolute Gasteiger partial charge is 0.478 e. The van der Waals surface area contributed by atoms with Crippen molar-refractivity contribution >= 4 is 47.2 Å². The molecule has 3 aromatic rings. The van der Waals surface area contributed by atoms with Gasteiger partial charge in [-0.15, -0.1) is 0 Å². The van der Waals surface area contributed by atoms with Gasteiger partial charge in [-0.2, -0.15) is 0 Å². The fourth-order valence-corrected chi connectivity index (χ4v) is 4.03. The van der Waals surface area contributed by atoms with E-state index in [-0.39, 0.29) is 16.2 Å². The smallest absolute Gasteiger partial charge is 0.337 e. The molecule has 9 heteroatoms. The Hall–Kier alpha value is -4.17. The predicted octanol–water partition coefficient (Wildman–Crippen LogP) is 4.11. The summed E-state index contributed by atoms with van der Waals surface area (Å²) in [5.74, 6) is -2.64. The first kappa shape index (κ1) is 22.0. The Labute approximate surface area is 193 Å². The zero-order chi connectivity index (χ0) is 23.9. The Balaban J connectivity index is 1.76. The number of barbiturate groups is 1. The van der Waals surface area contributed by atoms with Gasteiger partial charge >= 0.3 is 12.0 Å². The lowest BCUT2D eigenvalue weighted by atomic mass is 10.1.